The Morgan fingerprint density at radius 1 is 1.47 bits per heavy atom. The predicted octanol–water partition coefficient (Wildman–Crippen LogP) is 0.0667. The van der Waals surface area contributed by atoms with E-state index in [1.54, 1.807) is 25.1 Å². The topological polar surface area (TPSA) is 84.6 Å². The standard InChI is InChI=1S/C13H16N2O4/c1-8-14-12-10(4-3-5-11(12)19-2)13(18)15(8)6-9(17)7-16/h3-5,9,16-17H,6-7H2,1-2H3/t9-/m1/s1. The van der Waals surface area contributed by atoms with Gasteiger partial charge in [-0.05, 0) is 19.1 Å². The number of fused-ring (bicyclic) bond motifs is 1. The summed E-state index contributed by atoms with van der Waals surface area (Å²) >= 11 is 0. The minimum atomic E-state index is -0.985. The summed E-state index contributed by atoms with van der Waals surface area (Å²) in [6.45, 7) is 1.29. The van der Waals surface area contributed by atoms with E-state index in [9.17, 15) is 9.90 Å². The summed E-state index contributed by atoms with van der Waals surface area (Å²) in [6.07, 6.45) is -0.985. The van der Waals surface area contributed by atoms with Crippen molar-refractivity contribution in [3.63, 3.8) is 0 Å². The van der Waals surface area contributed by atoms with Crippen LogP contribution in [0.3, 0.4) is 0 Å². The van der Waals surface area contributed by atoms with Crippen LogP contribution in [0.4, 0.5) is 0 Å². The van der Waals surface area contributed by atoms with E-state index in [2.05, 4.69) is 4.98 Å². The summed E-state index contributed by atoms with van der Waals surface area (Å²) in [6, 6.07) is 5.11. The highest BCUT2D eigenvalue weighted by Crippen LogP contribution is 2.21. The van der Waals surface area contributed by atoms with Gasteiger partial charge < -0.3 is 14.9 Å². The molecule has 6 heteroatoms. The first-order valence-corrected chi connectivity index (χ1v) is 5.91. The van der Waals surface area contributed by atoms with Gasteiger partial charge in [-0.25, -0.2) is 4.98 Å². The van der Waals surface area contributed by atoms with E-state index in [0.717, 1.165) is 0 Å². The van der Waals surface area contributed by atoms with Crippen LogP contribution < -0.4 is 10.3 Å². The second kappa shape index (κ2) is 5.38. The Labute approximate surface area is 109 Å². The monoisotopic (exact) mass is 264 g/mol. The van der Waals surface area contributed by atoms with Crippen molar-refractivity contribution in [1.29, 1.82) is 0 Å². The molecule has 1 heterocycles. The number of aromatic nitrogens is 2. The molecule has 0 unspecified atom stereocenters. The molecule has 0 radical (unpaired) electrons. The van der Waals surface area contributed by atoms with Gasteiger partial charge in [0, 0.05) is 0 Å². The Hall–Kier alpha value is -1.92. The largest absolute Gasteiger partial charge is 0.494 e. The second-order valence-electron chi connectivity index (χ2n) is 4.27. The van der Waals surface area contributed by atoms with Gasteiger partial charge in [-0.2, -0.15) is 0 Å². The quantitative estimate of drug-likeness (QED) is 0.816. The zero-order valence-corrected chi connectivity index (χ0v) is 10.8. The van der Waals surface area contributed by atoms with E-state index < -0.39 is 12.7 Å². The fraction of sp³-hybridized carbons (Fsp3) is 0.385. The SMILES string of the molecule is COc1cccc2c(=O)n(C[C@@H](O)CO)c(C)nc12. The highest BCUT2D eigenvalue weighted by atomic mass is 16.5. The van der Waals surface area contributed by atoms with Crippen LogP contribution in [0.5, 0.6) is 5.75 Å². The van der Waals surface area contributed by atoms with E-state index >= 15 is 0 Å². The van der Waals surface area contributed by atoms with Crippen molar-refractivity contribution >= 4 is 10.9 Å². The highest BCUT2D eigenvalue weighted by Gasteiger charge is 2.13. The second-order valence-corrected chi connectivity index (χ2v) is 4.27. The smallest absolute Gasteiger partial charge is 0.261 e. The molecule has 1 atom stereocenters. The zero-order chi connectivity index (χ0) is 14.0. The molecular formula is C13H16N2O4. The van der Waals surface area contributed by atoms with E-state index in [4.69, 9.17) is 9.84 Å². The number of hydrogen-bond acceptors (Lipinski definition) is 5. The number of nitrogens with zero attached hydrogens (tertiary/aromatic N) is 2. The van der Waals surface area contributed by atoms with Gasteiger partial charge in [0.1, 0.15) is 17.1 Å². The maximum atomic E-state index is 12.3. The Morgan fingerprint density at radius 2 is 2.21 bits per heavy atom. The lowest BCUT2D eigenvalue weighted by atomic mass is 10.2. The predicted molar refractivity (Wildman–Crippen MR) is 70.4 cm³/mol. The molecule has 0 fully saturated rings. The minimum absolute atomic E-state index is 0.0152. The van der Waals surface area contributed by atoms with Gasteiger partial charge in [-0.1, -0.05) is 6.07 Å². The summed E-state index contributed by atoms with van der Waals surface area (Å²) in [5.41, 5.74) is 0.246. The van der Waals surface area contributed by atoms with Crippen molar-refractivity contribution in [2.24, 2.45) is 0 Å². The number of rotatable bonds is 4. The van der Waals surface area contributed by atoms with Crippen molar-refractivity contribution in [2.45, 2.75) is 19.6 Å². The molecule has 0 aliphatic carbocycles. The number of para-hydroxylation sites is 1. The lowest BCUT2D eigenvalue weighted by molar-refractivity contribution is 0.0797. The third kappa shape index (κ3) is 2.45. The normalized spacial score (nSPS) is 12.6. The molecule has 19 heavy (non-hydrogen) atoms. The van der Waals surface area contributed by atoms with Crippen LogP contribution in [0.25, 0.3) is 10.9 Å². The summed E-state index contributed by atoms with van der Waals surface area (Å²) in [5.74, 6) is 1.00. The molecule has 1 aromatic heterocycles. The van der Waals surface area contributed by atoms with Crippen LogP contribution in [-0.4, -0.2) is 39.6 Å². The van der Waals surface area contributed by atoms with Gasteiger partial charge in [0.15, 0.2) is 0 Å². The number of hydrogen-bond donors (Lipinski definition) is 2. The lowest BCUT2D eigenvalue weighted by Gasteiger charge is -2.14. The van der Waals surface area contributed by atoms with Crippen molar-refractivity contribution in [3.8, 4) is 5.75 Å². The molecule has 0 saturated carbocycles. The van der Waals surface area contributed by atoms with E-state index in [1.807, 2.05) is 0 Å². The van der Waals surface area contributed by atoms with Crippen LogP contribution in [0.1, 0.15) is 5.82 Å². The van der Waals surface area contributed by atoms with Gasteiger partial charge >= 0.3 is 0 Å². The molecule has 2 aromatic rings. The Kier molecular flexibility index (Phi) is 3.82. The summed E-state index contributed by atoms with van der Waals surface area (Å²) in [5, 5.41) is 18.8. The fourth-order valence-corrected chi connectivity index (χ4v) is 1.97. The van der Waals surface area contributed by atoms with Gasteiger partial charge in [-0.15, -0.1) is 0 Å². The fourth-order valence-electron chi connectivity index (χ4n) is 1.97. The summed E-state index contributed by atoms with van der Waals surface area (Å²) in [7, 11) is 1.52. The number of benzene rings is 1. The lowest BCUT2D eigenvalue weighted by Crippen LogP contribution is -2.31. The highest BCUT2D eigenvalue weighted by molar-refractivity contribution is 5.83. The maximum absolute atomic E-state index is 12.3. The Morgan fingerprint density at radius 3 is 2.84 bits per heavy atom. The molecule has 0 spiro atoms. The van der Waals surface area contributed by atoms with Gasteiger partial charge in [0.2, 0.25) is 0 Å². The van der Waals surface area contributed by atoms with Gasteiger partial charge in [0.05, 0.1) is 31.8 Å². The van der Waals surface area contributed by atoms with Crippen LogP contribution in [0.15, 0.2) is 23.0 Å². The van der Waals surface area contributed by atoms with E-state index in [0.29, 0.717) is 22.5 Å². The van der Waals surface area contributed by atoms with Crippen LogP contribution >= 0.6 is 0 Å². The van der Waals surface area contributed by atoms with Gasteiger partial charge in [-0.3, -0.25) is 9.36 Å². The molecule has 0 amide bonds. The number of aryl methyl sites for hydroxylation is 1. The molecule has 0 aliphatic rings. The number of aliphatic hydroxyl groups is 2. The van der Waals surface area contributed by atoms with Crippen LogP contribution in [-0.2, 0) is 6.54 Å². The Bertz CT molecular complexity index is 651. The van der Waals surface area contributed by atoms with E-state index in [1.165, 1.54) is 11.7 Å². The first kappa shape index (κ1) is 13.5. The third-order valence-electron chi connectivity index (χ3n) is 2.96. The molecule has 0 bridgehead atoms. The molecular weight excluding hydrogens is 248 g/mol. The zero-order valence-electron chi connectivity index (χ0n) is 10.8. The molecule has 0 aliphatic heterocycles. The summed E-state index contributed by atoms with van der Waals surface area (Å²) in [4.78, 5) is 16.7. The average Bonchev–Trinajstić information content (AvgIpc) is 2.42. The number of ether oxygens (including phenoxy) is 1. The molecule has 1 aromatic carbocycles. The minimum Gasteiger partial charge on any atom is -0.494 e. The van der Waals surface area contributed by atoms with Crippen molar-refractivity contribution in [1.82, 2.24) is 9.55 Å². The first-order valence-electron chi connectivity index (χ1n) is 5.91. The number of aliphatic hydroxyl groups excluding tert-OH is 2. The van der Waals surface area contributed by atoms with Crippen LogP contribution in [0, 0.1) is 6.92 Å². The van der Waals surface area contributed by atoms with Gasteiger partial charge in [0.25, 0.3) is 5.56 Å². The summed E-state index contributed by atoms with van der Waals surface area (Å²) < 4.78 is 6.53. The molecule has 2 rings (SSSR count). The third-order valence-corrected chi connectivity index (χ3v) is 2.96. The van der Waals surface area contributed by atoms with E-state index in [-0.39, 0.29) is 12.1 Å². The first-order chi connectivity index (χ1) is 9.08. The maximum Gasteiger partial charge on any atom is 0.261 e. The van der Waals surface area contributed by atoms with Crippen molar-refractivity contribution in [2.75, 3.05) is 13.7 Å². The Balaban J connectivity index is 2.66. The van der Waals surface area contributed by atoms with Crippen molar-refractivity contribution < 1.29 is 14.9 Å². The average molecular weight is 264 g/mol. The molecule has 2 N–H and O–H groups in total. The molecule has 0 saturated heterocycles. The molecule has 6 nitrogen and oxygen atoms in total. The molecule has 102 valence electrons. The van der Waals surface area contributed by atoms with Crippen molar-refractivity contribution in [3.05, 3.63) is 34.4 Å². The van der Waals surface area contributed by atoms with Crippen LogP contribution in [0.2, 0.25) is 0 Å². The number of methoxy groups -OCH3 is 1.